The van der Waals surface area contributed by atoms with E-state index in [2.05, 4.69) is 0 Å². The summed E-state index contributed by atoms with van der Waals surface area (Å²) in [5, 5.41) is 10.1. The molecule has 0 saturated carbocycles. The molecular weight excluding hydrogens is 208 g/mol. The lowest BCUT2D eigenvalue weighted by Crippen LogP contribution is -2.21. The second-order valence-corrected chi connectivity index (χ2v) is 5.70. The molecule has 0 aliphatic carbocycles. The molecule has 1 N–H and O–H groups in total. The van der Waals surface area contributed by atoms with Crippen LogP contribution in [0.15, 0.2) is 11.8 Å². The Balaban J connectivity index is 1.79. The van der Waals surface area contributed by atoms with Crippen LogP contribution < -0.4 is 0 Å². The van der Waals surface area contributed by atoms with Crippen molar-refractivity contribution >= 4 is 11.8 Å². The van der Waals surface area contributed by atoms with Crippen LogP contribution in [0.4, 0.5) is 0 Å². The predicted molar refractivity (Wildman–Crippen MR) is 63.9 cm³/mol. The monoisotopic (exact) mass is 228 g/mol. The lowest BCUT2D eigenvalue weighted by atomic mass is 9.91. The van der Waals surface area contributed by atoms with Gasteiger partial charge in [-0.25, -0.2) is 0 Å². The van der Waals surface area contributed by atoms with Crippen molar-refractivity contribution in [2.45, 2.75) is 38.2 Å². The summed E-state index contributed by atoms with van der Waals surface area (Å²) in [6, 6.07) is 0. The van der Waals surface area contributed by atoms with E-state index in [-0.39, 0.29) is 6.10 Å². The molecule has 1 atom stereocenters. The minimum absolute atomic E-state index is 0.251. The third kappa shape index (κ3) is 3.42. The van der Waals surface area contributed by atoms with Gasteiger partial charge < -0.3 is 9.84 Å². The van der Waals surface area contributed by atoms with Crippen LogP contribution in [-0.4, -0.2) is 29.3 Å². The zero-order valence-electron chi connectivity index (χ0n) is 9.15. The summed E-state index contributed by atoms with van der Waals surface area (Å²) < 4.78 is 5.27. The first-order valence-corrected chi connectivity index (χ1v) is 7.08. The van der Waals surface area contributed by atoms with Gasteiger partial charge in [-0.2, -0.15) is 11.8 Å². The molecule has 3 heteroatoms. The van der Waals surface area contributed by atoms with Crippen LogP contribution in [0.1, 0.15) is 32.1 Å². The minimum Gasteiger partial charge on any atom is -0.501 e. The van der Waals surface area contributed by atoms with E-state index in [1.807, 2.05) is 11.8 Å². The molecule has 2 aliphatic heterocycles. The molecule has 15 heavy (non-hydrogen) atoms. The van der Waals surface area contributed by atoms with Crippen molar-refractivity contribution in [2.24, 2.45) is 5.92 Å². The van der Waals surface area contributed by atoms with Crippen molar-refractivity contribution in [3.63, 3.8) is 0 Å². The Morgan fingerprint density at radius 3 is 2.93 bits per heavy atom. The van der Waals surface area contributed by atoms with Gasteiger partial charge in [0.15, 0.2) is 0 Å². The molecule has 0 bridgehead atoms. The Bertz CT molecular complexity index is 222. The first kappa shape index (κ1) is 11.3. The van der Waals surface area contributed by atoms with Crippen LogP contribution in [-0.2, 0) is 4.74 Å². The van der Waals surface area contributed by atoms with E-state index >= 15 is 0 Å². The fourth-order valence-corrected chi connectivity index (χ4v) is 3.48. The number of rotatable bonds is 3. The summed E-state index contributed by atoms with van der Waals surface area (Å²) in [6.45, 7) is 0.816. The molecule has 1 unspecified atom stereocenters. The summed E-state index contributed by atoms with van der Waals surface area (Å²) in [4.78, 5) is 0. The molecule has 0 aromatic rings. The molecule has 0 amide bonds. The van der Waals surface area contributed by atoms with Crippen LogP contribution in [0.25, 0.3) is 0 Å². The number of hydrogen-bond acceptors (Lipinski definition) is 3. The Hall–Kier alpha value is -0.150. The Labute approximate surface area is 96.1 Å². The van der Waals surface area contributed by atoms with Gasteiger partial charge in [0.05, 0.1) is 19.0 Å². The molecule has 2 nitrogen and oxygen atoms in total. The Morgan fingerprint density at radius 2 is 2.27 bits per heavy atom. The summed E-state index contributed by atoms with van der Waals surface area (Å²) >= 11 is 2.04. The van der Waals surface area contributed by atoms with E-state index < -0.39 is 0 Å². The largest absolute Gasteiger partial charge is 0.501 e. The molecule has 0 aromatic carbocycles. The molecule has 2 heterocycles. The molecular formula is C12H20O2S. The van der Waals surface area contributed by atoms with Crippen molar-refractivity contribution in [1.29, 1.82) is 0 Å². The highest BCUT2D eigenvalue weighted by molar-refractivity contribution is 7.99. The topological polar surface area (TPSA) is 29.5 Å². The van der Waals surface area contributed by atoms with E-state index in [4.69, 9.17) is 4.74 Å². The SMILES string of the molecule is OC(CC1CCSCC1)C1=COCCC1. The van der Waals surface area contributed by atoms with Gasteiger partial charge in [0.25, 0.3) is 0 Å². The van der Waals surface area contributed by atoms with Crippen molar-refractivity contribution in [3.05, 3.63) is 11.8 Å². The second kappa shape index (κ2) is 5.80. The van der Waals surface area contributed by atoms with Crippen molar-refractivity contribution in [3.8, 4) is 0 Å². The van der Waals surface area contributed by atoms with Gasteiger partial charge in [0.1, 0.15) is 0 Å². The lowest BCUT2D eigenvalue weighted by molar-refractivity contribution is 0.144. The highest BCUT2D eigenvalue weighted by Gasteiger charge is 2.21. The molecule has 0 radical (unpaired) electrons. The molecule has 86 valence electrons. The standard InChI is InChI=1S/C12H20O2S/c13-12(11-2-1-5-14-9-11)8-10-3-6-15-7-4-10/h9-10,12-13H,1-8H2. The van der Waals surface area contributed by atoms with Crippen LogP contribution in [0, 0.1) is 5.92 Å². The fourth-order valence-electron chi connectivity index (χ4n) is 2.28. The summed E-state index contributed by atoms with van der Waals surface area (Å²) in [5.41, 5.74) is 1.11. The zero-order chi connectivity index (χ0) is 10.5. The number of thioether (sulfide) groups is 1. The van der Waals surface area contributed by atoms with Crippen molar-refractivity contribution in [2.75, 3.05) is 18.1 Å². The van der Waals surface area contributed by atoms with Gasteiger partial charge in [0.2, 0.25) is 0 Å². The van der Waals surface area contributed by atoms with E-state index in [9.17, 15) is 5.11 Å². The van der Waals surface area contributed by atoms with Gasteiger partial charge in [-0.15, -0.1) is 0 Å². The normalized spacial score (nSPS) is 25.5. The van der Waals surface area contributed by atoms with E-state index in [0.717, 1.165) is 37.4 Å². The first-order valence-electron chi connectivity index (χ1n) is 5.92. The number of aliphatic hydroxyl groups excluding tert-OH is 1. The van der Waals surface area contributed by atoms with Gasteiger partial charge in [-0.1, -0.05) is 0 Å². The third-order valence-electron chi connectivity index (χ3n) is 3.29. The molecule has 0 spiro atoms. The molecule has 0 aromatic heterocycles. The third-order valence-corrected chi connectivity index (χ3v) is 4.34. The summed E-state index contributed by atoms with van der Waals surface area (Å²) in [5.74, 6) is 3.27. The molecule has 1 fully saturated rings. The first-order chi connectivity index (χ1) is 7.36. The van der Waals surface area contributed by atoms with Crippen molar-refractivity contribution < 1.29 is 9.84 Å². The van der Waals surface area contributed by atoms with E-state index in [0.29, 0.717) is 0 Å². The maximum Gasteiger partial charge on any atom is 0.0876 e. The van der Waals surface area contributed by atoms with Gasteiger partial charge in [-0.05, 0) is 55.1 Å². The highest BCUT2D eigenvalue weighted by atomic mass is 32.2. The van der Waals surface area contributed by atoms with Gasteiger partial charge in [-0.3, -0.25) is 0 Å². The molecule has 1 saturated heterocycles. The average molecular weight is 228 g/mol. The maximum atomic E-state index is 10.1. The minimum atomic E-state index is -0.251. The Morgan fingerprint density at radius 1 is 1.47 bits per heavy atom. The number of hydrogen-bond donors (Lipinski definition) is 1. The lowest BCUT2D eigenvalue weighted by Gasteiger charge is -2.26. The summed E-state index contributed by atoms with van der Waals surface area (Å²) in [7, 11) is 0. The quantitative estimate of drug-likeness (QED) is 0.805. The number of aliphatic hydroxyl groups is 1. The van der Waals surface area contributed by atoms with Gasteiger partial charge in [0, 0.05) is 0 Å². The predicted octanol–water partition coefficient (Wildman–Crippen LogP) is 2.57. The summed E-state index contributed by atoms with van der Waals surface area (Å²) in [6.07, 6.45) is 7.10. The average Bonchev–Trinajstić information content (AvgIpc) is 2.31. The highest BCUT2D eigenvalue weighted by Crippen LogP contribution is 2.29. The smallest absolute Gasteiger partial charge is 0.0876 e. The maximum absolute atomic E-state index is 10.1. The van der Waals surface area contributed by atoms with E-state index in [1.54, 1.807) is 6.26 Å². The number of ether oxygens (including phenoxy) is 1. The van der Waals surface area contributed by atoms with Crippen LogP contribution in [0.3, 0.4) is 0 Å². The van der Waals surface area contributed by atoms with Gasteiger partial charge >= 0.3 is 0 Å². The van der Waals surface area contributed by atoms with Crippen LogP contribution in [0.2, 0.25) is 0 Å². The van der Waals surface area contributed by atoms with Crippen molar-refractivity contribution in [1.82, 2.24) is 0 Å². The van der Waals surface area contributed by atoms with Crippen LogP contribution >= 0.6 is 11.8 Å². The zero-order valence-corrected chi connectivity index (χ0v) is 9.97. The van der Waals surface area contributed by atoms with Crippen LogP contribution in [0.5, 0.6) is 0 Å². The van der Waals surface area contributed by atoms with E-state index in [1.165, 1.54) is 24.3 Å². The fraction of sp³-hybridized carbons (Fsp3) is 0.833. The Kier molecular flexibility index (Phi) is 4.39. The molecule has 2 aliphatic rings. The second-order valence-electron chi connectivity index (χ2n) is 4.47. The molecule has 2 rings (SSSR count).